The lowest BCUT2D eigenvalue weighted by Gasteiger charge is -2.32. The molecular formula is C18H18OS. The van der Waals surface area contributed by atoms with E-state index in [4.69, 9.17) is 0 Å². The Morgan fingerprint density at radius 1 is 0.700 bits per heavy atom. The summed E-state index contributed by atoms with van der Waals surface area (Å²) >= 11 is 0. The average molecular weight is 282 g/mol. The highest BCUT2D eigenvalue weighted by Crippen LogP contribution is 2.56. The predicted octanol–water partition coefficient (Wildman–Crippen LogP) is 5.03. The molecule has 0 aliphatic rings. The molecule has 0 amide bonds. The molecule has 0 bridgehead atoms. The second kappa shape index (κ2) is 4.88. The third kappa shape index (κ3) is 2.27. The molecule has 1 N–H and O–H groups in total. The fourth-order valence-electron chi connectivity index (χ4n) is 2.41. The summed E-state index contributed by atoms with van der Waals surface area (Å²) in [6.07, 6.45) is 4.59. The second-order valence-electron chi connectivity index (χ2n) is 5.33. The van der Waals surface area contributed by atoms with E-state index in [2.05, 4.69) is 55.0 Å². The smallest absolute Gasteiger partial charge is 0.115 e. The molecule has 0 saturated carbocycles. The maximum absolute atomic E-state index is 9.44. The zero-order valence-corrected chi connectivity index (χ0v) is 12.5. The Morgan fingerprint density at radius 3 is 2.00 bits per heavy atom. The van der Waals surface area contributed by atoms with Gasteiger partial charge in [-0.15, -0.1) is 0 Å². The van der Waals surface area contributed by atoms with Crippen LogP contribution in [-0.2, 0) is 0 Å². The number of benzene rings is 3. The molecule has 0 saturated heterocycles. The van der Waals surface area contributed by atoms with Gasteiger partial charge in [-0.1, -0.05) is 30.3 Å². The maximum Gasteiger partial charge on any atom is 0.115 e. The highest BCUT2D eigenvalue weighted by molar-refractivity contribution is 8.32. The Hall–Kier alpha value is -1.93. The third-order valence-electron chi connectivity index (χ3n) is 3.74. The number of hydrogen-bond donors (Lipinski definition) is 1. The lowest BCUT2D eigenvalue weighted by Crippen LogP contribution is -1.97. The van der Waals surface area contributed by atoms with Gasteiger partial charge in [0.1, 0.15) is 5.75 Å². The SMILES string of the molecule is CS(C)(c1ccc(O)cc1)c1ccc2ccccc2c1. The minimum Gasteiger partial charge on any atom is -0.508 e. The lowest BCUT2D eigenvalue weighted by atomic mass is 10.1. The highest BCUT2D eigenvalue weighted by Gasteiger charge is 2.17. The summed E-state index contributed by atoms with van der Waals surface area (Å²) in [6, 6.07) is 22.8. The van der Waals surface area contributed by atoms with Crippen LogP contribution in [0.5, 0.6) is 5.75 Å². The zero-order chi connectivity index (χ0) is 14.2. The van der Waals surface area contributed by atoms with Gasteiger partial charge >= 0.3 is 0 Å². The van der Waals surface area contributed by atoms with Crippen LogP contribution in [0.3, 0.4) is 0 Å². The molecule has 102 valence electrons. The minimum atomic E-state index is -1.06. The monoisotopic (exact) mass is 282 g/mol. The van der Waals surface area contributed by atoms with Gasteiger partial charge in [-0.05, 0) is 69.5 Å². The van der Waals surface area contributed by atoms with Crippen LogP contribution in [-0.4, -0.2) is 17.6 Å². The van der Waals surface area contributed by atoms with Crippen molar-refractivity contribution in [3.8, 4) is 5.75 Å². The van der Waals surface area contributed by atoms with Crippen LogP contribution in [0.1, 0.15) is 0 Å². The van der Waals surface area contributed by atoms with Crippen molar-refractivity contribution in [3.63, 3.8) is 0 Å². The summed E-state index contributed by atoms with van der Waals surface area (Å²) < 4.78 is 0. The van der Waals surface area contributed by atoms with Crippen LogP contribution in [0, 0.1) is 0 Å². The van der Waals surface area contributed by atoms with Gasteiger partial charge in [0, 0.05) is 0 Å². The van der Waals surface area contributed by atoms with Gasteiger partial charge < -0.3 is 5.11 Å². The summed E-state index contributed by atoms with van der Waals surface area (Å²) in [5.41, 5.74) is 0. The van der Waals surface area contributed by atoms with Crippen LogP contribution < -0.4 is 0 Å². The molecule has 0 aromatic heterocycles. The van der Waals surface area contributed by atoms with Crippen molar-refractivity contribution < 1.29 is 5.11 Å². The molecule has 0 unspecified atom stereocenters. The Labute approximate surface area is 121 Å². The largest absolute Gasteiger partial charge is 0.508 e. The Balaban J connectivity index is 2.10. The van der Waals surface area contributed by atoms with Gasteiger partial charge in [0.25, 0.3) is 0 Å². The third-order valence-corrected chi connectivity index (χ3v) is 6.62. The van der Waals surface area contributed by atoms with Gasteiger partial charge in [-0.2, -0.15) is 10.0 Å². The van der Waals surface area contributed by atoms with Gasteiger partial charge in [-0.25, -0.2) is 0 Å². The van der Waals surface area contributed by atoms with E-state index in [1.54, 1.807) is 12.1 Å². The molecule has 0 aliphatic heterocycles. The van der Waals surface area contributed by atoms with Crippen molar-refractivity contribution >= 4 is 20.8 Å². The molecule has 3 aromatic rings. The molecule has 2 heteroatoms. The van der Waals surface area contributed by atoms with Crippen molar-refractivity contribution in [3.05, 3.63) is 66.7 Å². The number of rotatable bonds is 2. The fraction of sp³-hybridized carbons (Fsp3) is 0.111. The molecule has 1 nitrogen and oxygen atoms in total. The molecule has 0 heterocycles. The Bertz CT molecular complexity index is 745. The van der Waals surface area contributed by atoms with Crippen LogP contribution in [0.4, 0.5) is 0 Å². The van der Waals surface area contributed by atoms with E-state index in [9.17, 15) is 5.11 Å². The molecule has 0 aliphatic carbocycles. The molecule has 20 heavy (non-hydrogen) atoms. The van der Waals surface area contributed by atoms with Gasteiger partial charge in [0.15, 0.2) is 0 Å². The van der Waals surface area contributed by atoms with E-state index in [1.165, 1.54) is 20.6 Å². The first-order valence-corrected chi connectivity index (χ1v) is 9.03. The Kier molecular flexibility index (Phi) is 3.19. The highest BCUT2D eigenvalue weighted by atomic mass is 32.3. The number of phenols is 1. The van der Waals surface area contributed by atoms with E-state index in [0.717, 1.165) is 0 Å². The number of fused-ring (bicyclic) bond motifs is 1. The number of phenolic OH excluding ortho intramolecular Hbond substituents is 1. The summed E-state index contributed by atoms with van der Waals surface area (Å²) in [5, 5.41) is 12.0. The summed E-state index contributed by atoms with van der Waals surface area (Å²) in [5.74, 6) is 0.322. The minimum absolute atomic E-state index is 0.322. The van der Waals surface area contributed by atoms with Crippen molar-refractivity contribution in [2.75, 3.05) is 12.5 Å². The summed E-state index contributed by atoms with van der Waals surface area (Å²) in [4.78, 5) is 2.65. The fourth-order valence-corrected chi connectivity index (χ4v) is 4.33. The van der Waals surface area contributed by atoms with Crippen molar-refractivity contribution in [1.82, 2.24) is 0 Å². The maximum atomic E-state index is 9.44. The van der Waals surface area contributed by atoms with E-state index < -0.39 is 10.0 Å². The number of hydrogen-bond acceptors (Lipinski definition) is 1. The first-order chi connectivity index (χ1) is 9.57. The first-order valence-electron chi connectivity index (χ1n) is 6.59. The molecule has 0 fully saturated rings. The summed E-state index contributed by atoms with van der Waals surface area (Å²) in [6.45, 7) is 0. The van der Waals surface area contributed by atoms with Crippen molar-refractivity contribution in [2.45, 2.75) is 9.79 Å². The van der Waals surface area contributed by atoms with E-state index in [1.807, 2.05) is 12.1 Å². The van der Waals surface area contributed by atoms with Crippen molar-refractivity contribution in [2.24, 2.45) is 0 Å². The Morgan fingerprint density at radius 2 is 1.30 bits per heavy atom. The predicted molar refractivity (Wildman–Crippen MR) is 88.0 cm³/mol. The van der Waals surface area contributed by atoms with Gasteiger partial charge in [0.2, 0.25) is 0 Å². The standard InChI is InChI=1S/C18H18OS/c1-20(2,17-11-8-16(19)9-12-17)18-10-7-14-5-3-4-6-15(14)13-18/h3-13,19H,1-2H3. The van der Waals surface area contributed by atoms with Crippen molar-refractivity contribution in [1.29, 1.82) is 0 Å². The summed E-state index contributed by atoms with van der Waals surface area (Å²) in [7, 11) is -1.06. The lowest BCUT2D eigenvalue weighted by molar-refractivity contribution is 0.475. The topological polar surface area (TPSA) is 20.2 Å². The molecule has 0 spiro atoms. The van der Waals surface area contributed by atoms with Crippen LogP contribution in [0.15, 0.2) is 76.5 Å². The number of aromatic hydroxyl groups is 1. The van der Waals surface area contributed by atoms with E-state index in [0.29, 0.717) is 5.75 Å². The quantitative estimate of drug-likeness (QED) is 0.699. The van der Waals surface area contributed by atoms with Crippen LogP contribution >= 0.6 is 10.0 Å². The molecule has 0 atom stereocenters. The van der Waals surface area contributed by atoms with Crippen LogP contribution in [0.25, 0.3) is 10.8 Å². The van der Waals surface area contributed by atoms with Gasteiger partial charge in [-0.3, -0.25) is 0 Å². The van der Waals surface area contributed by atoms with Gasteiger partial charge in [0.05, 0.1) is 0 Å². The first kappa shape index (κ1) is 13.1. The zero-order valence-electron chi connectivity index (χ0n) is 11.7. The second-order valence-corrected chi connectivity index (χ2v) is 8.93. The average Bonchev–Trinajstić information content (AvgIpc) is 2.47. The van der Waals surface area contributed by atoms with Crippen LogP contribution in [0.2, 0.25) is 0 Å². The normalized spacial score (nSPS) is 12.5. The molecular weight excluding hydrogens is 264 g/mol. The van der Waals surface area contributed by atoms with E-state index in [-0.39, 0.29) is 0 Å². The molecule has 0 radical (unpaired) electrons. The molecule has 3 rings (SSSR count). The van der Waals surface area contributed by atoms with E-state index >= 15 is 0 Å². The molecule has 3 aromatic carbocycles.